The molecule has 0 aliphatic carbocycles. The first-order valence-electron chi connectivity index (χ1n) is 7.20. The summed E-state index contributed by atoms with van der Waals surface area (Å²) in [5.74, 6) is 5.92. The van der Waals surface area contributed by atoms with Crippen molar-refractivity contribution < 1.29 is 4.74 Å². The lowest BCUT2D eigenvalue weighted by molar-refractivity contribution is -0.0527. The Labute approximate surface area is 122 Å². The minimum absolute atomic E-state index is 0.00475. The fraction of sp³-hybridized carbons (Fsp3) is 0.529. The van der Waals surface area contributed by atoms with Crippen molar-refractivity contribution in [2.75, 3.05) is 26.7 Å². The van der Waals surface area contributed by atoms with E-state index in [0.717, 1.165) is 31.6 Å². The Morgan fingerprint density at radius 2 is 2.10 bits per heavy atom. The summed E-state index contributed by atoms with van der Waals surface area (Å²) in [7, 11) is 1.81. The summed E-state index contributed by atoms with van der Waals surface area (Å²) >= 11 is 0. The van der Waals surface area contributed by atoms with E-state index in [9.17, 15) is 0 Å². The van der Waals surface area contributed by atoms with Crippen molar-refractivity contribution in [2.45, 2.75) is 31.9 Å². The monoisotopic (exact) mass is 272 g/mol. The normalized spacial score (nSPS) is 23.1. The number of piperidine rings is 1. The average molecular weight is 272 g/mol. The summed E-state index contributed by atoms with van der Waals surface area (Å²) in [6.45, 7) is 5.73. The third kappa shape index (κ3) is 4.08. The van der Waals surface area contributed by atoms with Crippen LogP contribution in [0.1, 0.15) is 30.9 Å². The predicted octanol–water partition coefficient (Wildman–Crippen LogP) is 2.00. The van der Waals surface area contributed by atoms with Crippen LogP contribution >= 0.6 is 0 Å². The van der Waals surface area contributed by atoms with Crippen molar-refractivity contribution in [3.63, 3.8) is 0 Å². The molecule has 108 valence electrons. The summed E-state index contributed by atoms with van der Waals surface area (Å²) in [6, 6.07) is 8.44. The number of benzene rings is 1. The molecule has 1 aliphatic rings. The maximum absolute atomic E-state index is 5.64. The number of hydrogen-bond donors (Lipinski definition) is 1. The third-order valence-electron chi connectivity index (χ3n) is 3.93. The predicted molar refractivity (Wildman–Crippen MR) is 82.3 cm³/mol. The number of nitrogens with two attached hydrogens (primary N) is 1. The van der Waals surface area contributed by atoms with Gasteiger partial charge in [0, 0.05) is 25.8 Å². The van der Waals surface area contributed by atoms with E-state index in [1.54, 1.807) is 0 Å². The van der Waals surface area contributed by atoms with Crippen LogP contribution in [0.4, 0.5) is 0 Å². The van der Waals surface area contributed by atoms with E-state index in [1.807, 2.05) is 7.11 Å². The van der Waals surface area contributed by atoms with Crippen molar-refractivity contribution in [2.24, 2.45) is 5.73 Å². The van der Waals surface area contributed by atoms with Gasteiger partial charge >= 0.3 is 0 Å². The molecule has 1 saturated heterocycles. The highest BCUT2D eigenvalue weighted by Crippen LogP contribution is 2.24. The highest BCUT2D eigenvalue weighted by Gasteiger charge is 2.30. The zero-order valence-corrected chi connectivity index (χ0v) is 12.5. The fourth-order valence-corrected chi connectivity index (χ4v) is 2.71. The average Bonchev–Trinajstić information content (AvgIpc) is 2.47. The van der Waals surface area contributed by atoms with Crippen LogP contribution in [-0.4, -0.2) is 37.2 Å². The zero-order valence-electron chi connectivity index (χ0n) is 12.5. The van der Waals surface area contributed by atoms with Crippen molar-refractivity contribution in [1.82, 2.24) is 4.90 Å². The van der Waals surface area contributed by atoms with Gasteiger partial charge in [-0.05, 0) is 44.0 Å². The number of nitrogens with zero attached hydrogens (tertiary/aromatic N) is 1. The summed E-state index contributed by atoms with van der Waals surface area (Å²) in [5.41, 5.74) is 7.73. The van der Waals surface area contributed by atoms with Gasteiger partial charge < -0.3 is 10.5 Å². The molecule has 1 aliphatic heterocycles. The first-order chi connectivity index (χ1) is 9.65. The molecule has 1 atom stereocenters. The molecule has 1 aromatic rings. The molecule has 0 radical (unpaired) electrons. The second-order valence-corrected chi connectivity index (χ2v) is 5.67. The molecular formula is C17H24N2O. The van der Waals surface area contributed by atoms with Gasteiger partial charge in [-0.25, -0.2) is 0 Å². The van der Waals surface area contributed by atoms with Gasteiger partial charge in [-0.15, -0.1) is 0 Å². The SMILES string of the molecule is COC1(C)CCCN(Cc2ccc(C#CCN)cc2)C1. The zero-order chi connectivity index (χ0) is 14.4. The molecular weight excluding hydrogens is 248 g/mol. The van der Waals surface area contributed by atoms with E-state index in [-0.39, 0.29) is 5.60 Å². The maximum Gasteiger partial charge on any atom is 0.0777 e. The van der Waals surface area contributed by atoms with Crippen LogP contribution in [0.5, 0.6) is 0 Å². The molecule has 1 heterocycles. The number of rotatable bonds is 3. The molecule has 0 bridgehead atoms. The van der Waals surface area contributed by atoms with Gasteiger partial charge in [0.05, 0.1) is 12.1 Å². The summed E-state index contributed by atoms with van der Waals surface area (Å²) in [4.78, 5) is 2.47. The van der Waals surface area contributed by atoms with Gasteiger partial charge in [0.15, 0.2) is 0 Å². The molecule has 3 nitrogen and oxygen atoms in total. The Morgan fingerprint density at radius 3 is 2.75 bits per heavy atom. The van der Waals surface area contributed by atoms with E-state index in [2.05, 4.69) is 47.9 Å². The molecule has 3 heteroatoms. The lowest BCUT2D eigenvalue weighted by Crippen LogP contribution is -2.46. The Balaban J connectivity index is 1.96. The number of likely N-dealkylation sites (tertiary alicyclic amines) is 1. The largest absolute Gasteiger partial charge is 0.377 e. The van der Waals surface area contributed by atoms with Crippen LogP contribution in [0.3, 0.4) is 0 Å². The molecule has 0 amide bonds. The minimum atomic E-state index is 0.00475. The van der Waals surface area contributed by atoms with E-state index in [0.29, 0.717) is 6.54 Å². The molecule has 2 N–H and O–H groups in total. The van der Waals surface area contributed by atoms with E-state index in [4.69, 9.17) is 10.5 Å². The molecule has 2 rings (SSSR count). The lowest BCUT2D eigenvalue weighted by atomic mass is 9.94. The molecule has 20 heavy (non-hydrogen) atoms. The third-order valence-corrected chi connectivity index (χ3v) is 3.93. The molecule has 1 fully saturated rings. The summed E-state index contributed by atoms with van der Waals surface area (Å²) < 4.78 is 5.64. The second-order valence-electron chi connectivity index (χ2n) is 5.67. The van der Waals surface area contributed by atoms with Crippen LogP contribution in [0, 0.1) is 11.8 Å². The smallest absolute Gasteiger partial charge is 0.0777 e. The Hall–Kier alpha value is -1.34. The summed E-state index contributed by atoms with van der Waals surface area (Å²) in [5, 5.41) is 0. The van der Waals surface area contributed by atoms with Crippen LogP contribution in [-0.2, 0) is 11.3 Å². The molecule has 1 aromatic carbocycles. The highest BCUT2D eigenvalue weighted by atomic mass is 16.5. The van der Waals surface area contributed by atoms with Gasteiger partial charge in [0.25, 0.3) is 0 Å². The Kier molecular flexibility index (Phi) is 5.19. The van der Waals surface area contributed by atoms with Crippen molar-refractivity contribution >= 4 is 0 Å². The van der Waals surface area contributed by atoms with Crippen LogP contribution in [0.15, 0.2) is 24.3 Å². The summed E-state index contributed by atoms with van der Waals surface area (Å²) in [6.07, 6.45) is 2.35. The van der Waals surface area contributed by atoms with Gasteiger partial charge in [0.2, 0.25) is 0 Å². The van der Waals surface area contributed by atoms with Crippen LogP contribution in [0.25, 0.3) is 0 Å². The van der Waals surface area contributed by atoms with Crippen molar-refractivity contribution in [1.29, 1.82) is 0 Å². The second kappa shape index (κ2) is 6.90. The maximum atomic E-state index is 5.64. The molecule has 1 unspecified atom stereocenters. The van der Waals surface area contributed by atoms with Crippen molar-refractivity contribution in [3.8, 4) is 11.8 Å². The van der Waals surface area contributed by atoms with E-state index < -0.39 is 0 Å². The van der Waals surface area contributed by atoms with Gasteiger partial charge in [-0.2, -0.15) is 0 Å². The van der Waals surface area contributed by atoms with Crippen LogP contribution in [0.2, 0.25) is 0 Å². The Bertz CT molecular complexity index is 486. The first kappa shape index (κ1) is 15.1. The standard InChI is InChI=1S/C17H24N2O/c1-17(20-2)10-4-12-19(14-17)13-16-8-6-15(7-9-16)5-3-11-18/h6-9H,4,10-14,18H2,1-2H3. The van der Waals surface area contributed by atoms with E-state index in [1.165, 1.54) is 12.0 Å². The lowest BCUT2D eigenvalue weighted by Gasteiger charge is -2.39. The van der Waals surface area contributed by atoms with Gasteiger partial charge in [0.1, 0.15) is 0 Å². The molecule has 0 saturated carbocycles. The fourth-order valence-electron chi connectivity index (χ4n) is 2.71. The highest BCUT2D eigenvalue weighted by molar-refractivity contribution is 5.36. The number of hydrogen-bond acceptors (Lipinski definition) is 3. The Morgan fingerprint density at radius 1 is 1.35 bits per heavy atom. The van der Waals surface area contributed by atoms with Gasteiger partial charge in [-0.3, -0.25) is 4.90 Å². The topological polar surface area (TPSA) is 38.5 Å². The van der Waals surface area contributed by atoms with E-state index >= 15 is 0 Å². The molecule has 0 aromatic heterocycles. The van der Waals surface area contributed by atoms with Gasteiger partial charge in [-0.1, -0.05) is 24.0 Å². The quantitative estimate of drug-likeness (QED) is 0.855. The van der Waals surface area contributed by atoms with Crippen molar-refractivity contribution in [3.05, 3.63) is 35.4 Å². The number of ether oxygens (including phenoxy) is 1. The first-order valence-corrected chi connectivity index (χ1v) is 7.20. The number of methoxy groups -OCH3 is 1. The van der Waals surface area contributed by atoms with Crippen LogP contribution < -0.4 is 5.73 Å². The minimum Gasteiger partial charge on any atom is -0.377 e. The molecule has 0 spiro atoms.